The lowest BCUT2D eigenvalue weighted by atomic mass is 10.0. The van der Waals surface area contributed by atoms with Crippen LogP contribution < -0.4 is 0 Å². The number of allylic oxidation sites excluding steroid dienone is 24. The number of carbonyl (C=O) groups is 3. The molecular formula is C82H138NO8+. The Morgan fingerprint density at radius 2 is 0.593 bits per heavy atom. The van der Waals surface area contributed by atoms with Gasteiger partial charge < -0.3 is 28.5 Å². The number of aliphatic carboxylic acids is 1. The zero-order valence-corrected chi connectivity index (χ0v) is 59.2. The van der Waals surface area contributed by atoms with Crippen molar-refractivity contribution in [2.45, 2.75) is 309 Å². The first kappa shape index (κ1) is 86.2. The number of likely N-dealkylation sites (N-methyl/N-ethyl adjacent to an activating group) is 1. The smallest absolute Gasteiger partial charge is 0.361 e. The van der Waals surface area contributed by atoms with Gasteiger partial charge in [-0.3, -0.25) is 9.59 Å². The Labute approximate surface area is 560 Å². The van der Waals surface area contributed by atoms with Crippen molar-refractivity contribution >= 4 is 17.9 Å². The van der Waals surface area contributed by atoms with Crippen LogP contribution in [0.3, 0.4) is 0 Å². The van der Waals surface area contributed by atoms with Crippen molar-refractivity contribution in [3.8, 4) is 0 Å². The van der Waals surface area contributed by atoms with E-state index in [4.69, 9.17) is 18.9 Å². The summed E-state index contributed by atoms with van der Waals surface area (Å²) in [5.41, 5.74) is 0. The summed E-state index contributed by atoms with van der Waals surface area (Å²) in [6, 6.07) is 0. The fraction of sp³-hybridized carbons (Fsp3) is 0.671. The van der Waals surface area contributed by atoms with Crippen LogP contribution in [0, 0.1) is 0 Å². The topological polar surface area (TPSA) is 108 Å². The molecule has 2 atom stereocenters. The van der Waals surface area contributed by atoms with Crippen LogP contribution in [0.15, 0.2) is 146 Å². The number of unbranched alkanes of at least 4 members (excludes halogenated alkanes) is 28. The molecule has 0 aliphatic carbocycles. The summed E-state index contributed by atoms with van der Waals surface area (Å²) in [7, 11) is 5.98. The van der Waals surface area contributed by atoms with E-state index in [1.807, 2.05) is 21.1 Å². The third-order valence-corrected chi connectivity index (χ3v) is 15.6. The monoisotopic (exact) mass is 1270 g/mol. The molecule has 0 saturated heterocycles. The Kier molecular flexibility index (Phi) is 67.3. The SMILES string of the molecule is CC/C=C\C/C=C\C/C=C\C/C=C\C/C=C\C/C=C\C/C=C\CCCCCCCCCCCCCCCCCCCC(=O)OC(COC(=O)CCCCCCCCCCCCC/C=C\C/C=C\C/C=C\C/C=C\C/C=C\CC)COC(OCC[N+](C)(C)C)C(=O)O. The minimum absolute atomic E-state index is 0.182. The fourth-order valence-electron chi connectivity index (χ4n) is 10.0. The van der Waals surface area contributed by atoms with Gasteiger partial charge in [0.15, 0.2) is 6.10 Å². The van der Waals surface area contributed by atoms with Gasteiger partial charge in [-0.15, -0.1) is 0 Å². The maximum atomic E-state index is 13.0. The molecule has 2 unspecified atom stereocenters. The maximum Gasteiger partial charge on any atom is 0.361 e. The molecule has 0 fully saturated rings. The summed E-state index contributed by atoms with van der Waals surface area (Å²) in [5.74, 6) is -2.01. The van der Waals surface area contributed by atoms with Gasteiger partial charge in [-0.1, -0.05) is 314 Å². The number of ether oxygens (including phenoxy) is 4. The van der Waals surface area contributed by atoms with Crippen molar-refractivity contribution < 1.29 is 42.9 Å². The van der Waals surface area contributed by atoms with Gasteiger partial charge in [0.2, 0.25) is 0 Å². The zero-order chi connectivity index (χ0) is 66.1. The second-order valence-corrected chi connectivity index (χ2v) is 25.5. The van der Waals surface area contributed by atoms with Gasteiger partial charge in [0.25, 0.3) is 6.29 Å². The van der Waals surface area contributed by atoms with Crippen LogP contribution in [0.5, 0.6) is 0 Å². The zero-order valence-electron chi connectivity index (χ0n) is 59.2. The lowest BCUT2D eigenvalue weighted by molar-refractivity contribution is -0.870. The lowest BCUT2D eigenvalue weighted by Gasteiger charge is -2.25. The molecule has 9 nitrogen and oxygen atoms in total. The quantitative estimate of drug-likeness (QED) is 0.0211. The van der Waals surface area contributed by atoms with Crippen LogP contribution in [0.4, 0.5) is 0 Å². The summed E-state index contributed by atoms with van der Waals surface area (Å²) in [5, 5.41) is 9.76. The molecule has 0 amide bonds. The van der Waals surface area contributed by atoms with Crippen LogP contribution in [0.1, 0.15) is 296 Å². The Morgan fingerprint density at radius 3 is 0.879 bits per heavy atom. The first-order valence-corrected chi connectivity index (χ1v) is 37.0. The van der Waals surface area contributed by atoms with Crippen LogP contribution in [-0.2, 0) is 33.3 Å². The van der Waals surface area contributed by atoms with Crippen molar-refractivity contribution in [2.75, 3.05) is 47.5 Å². The highest BCUT2D eigenvalue weighted by Gasteiger charge is 2.25. The first-order valence-electron chi connectivity index (χ1n) is 37.0. The summed E-state index contributed by atoms with van der Waals surface area (Å²) in [4.78, 5) is 37.7. The molecule has 0 radical (unpaired) electrons. The normalized spacial score (nSPS) is 13.5. The molecule has 0 aliphatic rings. The average molecular weight is 1270 g/mol. The molecule has 0 aromatic rings. The molecular weight excluding hydrogens is 1130 g/mol. The molecule has 0 bridgehead atoms. The predicted molar refractivity (Wildman–Crippen MR) is 391 cm³/mol. The van der Waals surface area contributed by atoms with E-state index in [1.54, 1.807) is 0 Å². The van der Waals surface area contributed by atoms with Crippen molar-refractivity contribution in [1.29, 1.82) is 0 Å². The Balaban J connectivity index is 4.08. The molecule has 0 spiro atoms. The van der Waals surface area contributed by atoms with E-state index in [2.05, 4.69) is 160 Å². The Hall–Kier alpha value is -4.83. The van der Waals surface area contributed by atoms with Gasteiger partial charge in [0.05, 0.1) is 34.4 Å². The molecule has 0 aliphatic heterocycles. The molecule has 0 rings (SSSR count). The summed E-state index contributed by atoms with van der Waals surface area (Å²) >= 11 is 0. The minimum Gasteiger partial charge on any atom is -0.477 e. The van der Waals surface area contributed by atoms with Crippen LogP contribution in [0.25, 0.3) is 0 Å². The van der Waals surface area contributed by atoms with Crippen LogP contribution in [-0.4, -0.2) is 87.4 Å². The van der Waals surface area contributed by atoms with Crippen molar-refractivity contribution in [2.24, 2.45) is 0 Å². The Morgan fingerprint density at radius 1 is 0.330 bits per heavy atom. The van der Waals surface area contributed by atoms with Crippen LogP contribution >= 0.6 is 0 Å². The van der Waals surface area contributed by atoms with Gasteiger partial charge in [-0.05, 0) is 116 Å². The Bertz CT molecular complexity index is 2010. The van der Waals surface area contributed by atoms with Crippen molar-refractivity contribution in [3.63, 3.8) is 0 Å². The molecule has 9 heteroatoms. The standard InChI is InChI=1S/C82H137NO8/c1-6-8-10-12-14-16-18-20-22-24-26-28-30-32-34-35-36-37-38-39-40-41-42-43-44-45-47-49-51-53-55-57-59-61-63-65-67-69-71-73-80(85)91-78(77-90-82(81(86)87)88-75-74-83(3,4)5)76-89-79(84)72-70-68-66-64-62-60-58-56-54-52-50-48-46-33-31-29-27-25-23-21-19-17-15-13-11-9-7-2/h8-11,14-17,20-23,26-29,32-34,36-37,39-40,46,78,82H,6-7,12-13,18-19,24-25,30-31,35,38,41-45,47-77H2,1-5H3/p+1/b10-8-,11-9-,16-14-,17-15-,22-20-,23-21-,28-26-,29-27-,34-32-,37-36-,40-39-,46-33-. The molecule has 0 aromatic heterocycles. The fourth-order valence-corrected chi connectivity index (χ4v) is 10.0. The third kappa shape index (κ3) is 72.5. The molecule has 0 saturated carbocycles. The molecule has 518 valence electrons. The van der Waals surface area contributed by atoms with E-state index in [-0.39, 0.29) is 32.2 Å². The predicted octanol–water partition coefficient (Wildman–Crippen LogP) is 23.5. The second kappa shape index (κ2) is 71.0. The van der Waals surface area contributed by atoms with Crippen molar-refractivity contribution in [1.82, 2.24) is 0 Å². The number of nitrogens with zero attached hydrogens (tertiary/aromatic N) is 1. The van der Waals surface area contributed by atoms with E-state index < -0.39 is 24.3 Å². The summed E-state index contributed by atoms with van der Waals surface area (Å²) in [6.45, 7) is 4.66. The van der Waals surface area contributed by atoms with Gasteiger partial charge in [-0.2, -0.15) is 0 Å². The first-order chi connectivity index (χ1) is 44.6. The number of carboxylic acid groups (broad SMARTS) is 1. The number of hydrogen-bond acceptors (Lipinski definition) is 7. The van der Waals surface area contributed by atoms with Gasteiger partial charge in [-0.25, -0.2) is 4.79 Å². The number of rotatable bonds is 67. The van der Waals surface area contributed by atoms with Gasteiger partial charge in [0.1, 0.15) is 13.2 Å². The maximum absolute atomic E-state index is 13.0. The highest BCUT2D eigenvalue weighted by molar-refractivity contribution is 5.71. The molecule has 0 heterocycles. The van der Waals surface area contributed by atoms with Gasteiger partial charge in [0, 0.05) is 12.8 Å². The minimum atomic E-state index is -1.52. The van der Waals surface area contributed by atoms with E-state index in [1.165, 1.54) is 154 Å². The summed E-state index contributed by atoms with van der Waals surface area (Å²) < 4.78 is 23.0. The van der Waals surface area contributed by atoms with E-state index in [0.29, 0.717) is 17.4 Å². The summed E-state index contributed by atoms with van der Waals surface area (Å²) in [6.07, 6.45) is 101. The largest absolute Gasteiger partial charge is 0.477 e. The number of quaternary nitrogens is 1. The molecule has 1 N–H and O–H groups in total. The van der Waals surface area contributed by atoms with E-state index in [0.717, 1.165) is 116 Å². The number of carbonyl (C=O) groups excluding carboxylic acids is 2. The highest BCUT2D eigenvalue weighted by Crippen LogP contribution is 2.17. The van der Waals surface area contributed by atoms with E-state index >= 15 is 0 Å². The number of esters is 2. The van der Waals surface area contributed by atoms with Crippen LogP contribution in [0.2, 0.25) is 0 Å². The lowest BCUT2D eigenvalue weighted by Crippen LogP contribution is -2.40. The molecule has 91 heavy (non-hydrogen) atoms. The van der Waals surface area contributed by atoms with E-state index in [9.17, 15) is 19.5 Å². The van der Waals surface area contributed by atoms with Gasteiger partial charge >= 0.3 is 17.9 Å². The second-order valence-electron chi connectivity index (χ2n) is 25.5. The average Bonchev–Trinajstić information content (AvgIpc) is 3.46. The van der Waals surface area contributed by atoms with Crippen molar-refractivity contribution in [3.05, 3.63) is 146 Å². The molecule has 0 aromatic carbocycles. The third-order valence-electron chi connectivity index (χ3n) is 15.6. The number of carboxylic acids is 1. The highest BCUT2D eigenvalue weighted by atomic mass is 16.7. The number of hydrogen-bond donors (Lipinski definition) is 1.